The van der Waals surface area contributed by atoms with E-state index in [-0.39, 0.29) is 5.56 Å². The molecule has 0 radical (unpaired) electrons. The Hall–Kier alpha value is -4.26. The molecule has 0 unspecified atom stereocenters. The first-order valence-corrected chi connectivity index (χ1v) is 9.71. The number of carbonyl (C=O) groups excluding carboxylic acids is 1. The fourth-order valence-electron chi connectivity index (χ4n) is 3.66. The largest absolute Gasteiger partial charge is 0.322 e. The normalized spacial score (nSPS) is 11.1. The molecule has 0 aliphatic heterocycles. The quantitative estimate of drug-likeness (QED) is 0.484. The smallest absolute Gasteiger partial charge is 0.277 e. The van der Waals surface area contributed by atoms with Gasteiger partial charge in [-0.3, -0.25) is 9.59 Å². The minimum absolute atomic E-state index is 0.198. The summed E-state index contributed by atoms with van der Waals surface area (Å²) in [6.07, 6.45) is 1.58. The van der Waals surface area contributed by atoms with E-state index in [4.69, 9.17) is 0 Å². The van der Waals surface area contributed by atoms with Gasteiger partial charge in [0.15, 0.2) is 0 Å². The van der Waals surface area contributed by atoms with Gasteiger partial charge in [0, 0.05) is 11.3 Å². The predicted octanol–water partition coefficient (Wildman–Crippen LogP) is 4.09. The van der Waals surface area contributed by atoms with Crippen molar-refractivity contribution in [1.82, 2.24) is 14.2 Å². The summed E-state index contributed by atoms with van der Waals surface area (Å²) in [5.41, 5.74) is 3.22. The second-order valence-electron chi connectivity index (χ2n) is 7.17. The molecule has 0 fully saturated rings. The number of amides is 1. The van der Waals surface area contributed by atoms with Crippen molar-refractivity contribution >= 4 is 28.1 Å². The van der Waals surface area contributed by atoms with E-state index in [1.54, 1.807) is 45.6 Å². The van der Waals surface area contributed by atoms with Crippen LogP contribution in [0.25, 0.3) is 16.6 Å². The van der Waals surface area contributed by atoms with Gasteiger partial charge in [0.2, 0.25) is 0 Å². The monoisotopic (exact) mass is 412 g/mol. The molecule has 7 heteroatoms. The van der Waals surface area contributed by atoms with E-state index in [2.05, 4.69) is 10.4 Å². The fourth-order valence-corrected chi connectivity index (χ4v) is 3.66. The van der Waals surface area contributed by atoms with E-state index in [9.17, 15) is 14.0 Å². The number of fused-ring (bicyclic) bond motifs is 3. The number of nitrogens with one attached hydrogen (secondary N) is 1. The first kappa shape index (κ1) is 18.7. The maximum absolute atomic E-state index is 13.5. The highest BCUT2D eigenvalue weighted by Crippen LogP contribution is 2.19. The Morgan fingerprint density at radius 2 is 1.74 bits per heavy atom. The zero-order valence-corrected chi connectivity index (χ0v) is 16.3. The molecule has 2 aromatic heterocycles. The zero-order valence-electron chi connectivity index (χ0n) is 16.3. The third-order valence-corrected chi connectivity index (χ3v) is 5.13. The van der Waals surface area contributed by atoms with Crippen molar-refractivity contribution in [2.45, 2.75) is 6.54 Å². The van der Waals surface area contributed by atoms with Crippen molar-refractivity contribution in [1.29, 1.82) is 0 Å². The van der Waals surface area contributed by atoms with Crippen molar-refractivity contribution in [2.24, 2.45) is 0 Å². The molecule has 31 heavy (non-hydrogen) atoms. The lowest BCUT2D eigenvalue weighted by molar-refractivity contribution is 0.102. The third-order valence-electron chi connectivity index (χ3n) is 5.13. The molecule has 2 heterocycles. The Kier molecular flexibility index (Phi) is 4.55. The first-order chi connectivity index (χ1) is 15.1. The molecule has 0 aliphatic carbocycles. The van der Waals surface area contributed by atoms with Crippen LogP contribution in [0.5, 0.6) is 0 Å². The standard InChI is InChI=1S/C24H17FN4O2/c25-18-7-4-8-19(14-18)27-23(30)17-9-10-20-22(13-17)28(15-16-5-2-1-3-6-16)24(31)21-11-12-26-29(20)21/h1-14H,15H2,(H,27,30). The molecule has 0 atom stereocenters. The lowest BCUT2D eigenvalue weighted by Gasteiger charge is -2.13. The van der Waals surface area contributed by atoms with Gasteiger partial charge in [-0.2, -0.15) is 5.10 Å². The predicted molar refractivity (Wildman–Crippen MR) is 117 cm³/mol. The third kappa shape index (κ3) is 3.46. The molecule has 0 spiro atoms. The summed E-state index contributed by atoms with van der Waals surface area (Å²) in [6, 6.07) is 22.1. The molecule has 0 bridgehead atoms. The highest BCUT2D eigenvalue weighted by molar-refractivity contribution is 6.06. The van der Waals surface area contributed by atoms with Crippen LogP contribution in [0, 0.1) is 5.82 Å². The van der Waals surface area contributed by atoms with Crippen molar-refractivity contribution in [2.75, 3.05) is 5.32 Å². The van der Waals surface area contributed by atoms with E-state index >= 15 is 0 Å². The summed E-state index contributed by atoms with van der Waals surface area (Å²) in [4.78, 5) is 26.0. The molecule has 152 valence electrons. The van der Waals surface area contributed by atoms with Crippen LogP contribution >= 0.6 is 0 Å². The van der Waals surface area contributed by atoms with Gasteiger partial charge < -0.3 is 9.88 Å². The van der Waals surface area contributed by atoms with Crippen LogP contribution in [0.15, 0.2) is 89.9 Å². The van der Waals surface area contributed by atoms with E-state index in [1.807, 2.05) is 30.3 Å². The minimum atomic E-state index is -0.436. The first-order valence-electron chi connectivity index (χ1n) is 9.71. The van der Waals surface area contributed by atoms with Gasteiger partial charge in [0.1, 0.15) is 11.3 Å². The highest BCUT2D eigenvalue weighted by Gasteiger charge is 2.15. The second-order valence-corrected chi connectivity index (χ2v) is 7.17. The van der Waals surface area contributed by atoms with Crippen LogP contribution in [0.3, 0.4) is 0 Å². The topological polar surface area (TPSA) is 68.4 Å². The molecule has 0 saturated heterocycles. The van der Waals surface area contributed by atoms with Crippen LogP contribution in [0.2, 0.25) is 0 Å². The summed E-state index contributed by atoms with van der Waals surface area (Å²) in [5.74, 6) is -0.833. The molecule has 0 aliphatic rings. The Labute approximate surface area is 176 Å². The molecule has 1 amide bonds. The van der Waals surface area contributed by atoms with E-state index in [0.29, 0.717) is 34.3 Å². The molecule has 5 aromatic rings. The highest BCUT2D eigenvalue weighted by atomic mass is 19.1. The Bertz CT molecular complexity index is 1490. The van der Waals surface area contributed by atoms with Gasteiger partial charge >= 0.3 is 0 Å². The minimum Gasteiger partial charge on any atom is -0.322 e. The number of anilines is 1. The molecular formula is C24H17FN4O2. The number of nitrogens with zero attached hydrogens (tertiary/aromatic N) is 3. The van der Waals surface area contributed by atoms with Crippen molar-refractivity contribution in [3.63, 3.8) is 0 Å². The summed E-state index contributed by atoms with van der Waals surface area (Å²) in [5, 5.41) is 6.96. The van der Waals surface area contributed by atoms with Crippen molar-refractivity contribution in [3.8, 4) is 0 Å². The number of hydrogen-bond acceptors (Lipinski definition) is 3. The average Bonchev–Trinajstić information content (AvgIpc) is 3.27. The van der Waals surface area contributed by atoms with Gasteiger partial charge in [-0.25, -0.2) is 8.91 Å². The maximum atomic E-state index is 13.5. The number of aromatic nitrogens is 3. The Morgan fingerprint density at radius 3 is 2.55 bits per heavy atom. The SMILES string of the molecule is O=C(Nc1cccc(F)c1)c1ccc2c(c1)n(Cc1ccccc1)c(=O)c1ccnn12. The van der Waals surface area contributed by atoms with Gasteiger partial charge in [-0.15, -0.1) is 0 Å². The zero-order chi connectivity index (χ0) is 21.4. The van der Waals surface area contributed by atoms with Crippen molar-refractivity contribution < 1.29 is 9.18 Å². The Balaban J connectivity index is 1.64. The summed E-state index contributed by atoms with van der Waals surface area (Å²) in [6.45, 7) is 0.354. The van der Waals surface area contributed by atoms with Crippen molar-refractivity contribution in [3.05, 3.63) is 112 Å². The van der Waals surface area contributed by atoms with E-state index < -0.39 is 11.7 Å². The second kappa shape index (κ2) is 7.53. The summed E-state index contributed by atoms with van der Waals surface area (Å²) < 4.78 is 16.7. The molecular weight excluding hydrogens is 395 g/mol. The van der Waals surface area contributed by atoms with Crippen LogP contribution < -0.4 is 10.9 Å². The van der Waals surface area contributed by atoms with E-state index in [1.165, 1.54) is 18.2 Å². The molecule has 6 nitrogen and oxygen atoms in total. The van der Waals surface area contributed by atoms with Crippen LogP contribution in [0.1, 0.15) is 15.9 Å². The van der Waals surface area contributed by atoms with E-state index in [0.717, 1.165) is 5.56 Å². The van der Waals surface area contributed by atoms with Gasteiger partial charge in [-0.05, 0) is 48.0 Å². The maximum Gasteiger partial charge on any atom is 0.277 e. The van der Waals surface area contributed by atoms with Crippen LogP contribution in [-0.4, -0.2) is 20.1 Å². The lowest BCUT2D eigenvalue weighted by Crippen LogP contribution is -2.24. The van der Waals surface area contributed by atoms with Gasteiger partial charge in [0.05, 0.1) is 23.8 Å². The van der Waals surface area contributed by atoms with Gasteiger partial charge in [0.25, 0.3) is 11.5 Å². The Morgan fingerprint density at radius 1 is 0.903 bits per heavy atom. The average molecular weight is 412 g/mol. The molecule has 3 aromatic carbocycles. The van der Waals surface area contributed by atoms with Crippen LogP contribution in [0.4, 0.5) is 10.1 Å². The molecule has 1 N–H and O–H groups in total. The van der Waals surface area contributed by atoms with Crippen LogP contribution in [-0.2, 0) is 6.54 Å². The number of halogens is 1. The summed E-state index contributed by atoms with van der Waals surface area (Å²) >= 11 is 0. The molecule has 0 saturated carbocycles. The lowest BCUT2D eigenvalue weighted by atomic mass is 10.1. The number of carbonyl (C=O) groups is 1. The number of benzene rings is 3. The number of rotatable bonds is 4. The van der Waals surface area contributed by atoms with Gasteiger partial charge in [-0.1, -0.05) is 36.4 Å². The fraction of sp³-hybridized carbons (Fsp3) is 0.0417. The summed E-state index contributed by atoms with van der Waals surface area (Å²) in [7, 11) is 0. The molecule has 5 rings (SSSR count). The number of hydrogen-bond donors (Lipinski definition) is 1.